The van der Waals surface area contributed by atoms with Crippen molar-refractivity contribution in [3.8, 4) is 5.75 Å². The molecule has 7 heteroatoms. The molecule has 0 spiro atoms. The van der Waals surface area contributed by atoms with Gasteiger partial charge in [0.2, 0.25) is 0 Å². The summed E-state index contributed by atoms with van der Waals surface area (Å²) in [6.45, 7) is 1.43. The van der Waals surface area contributed by atoms with Gasteiger partial charge in [0.25, 0.3) is 5.91 Å². The van der Waals surface area contributed by atoms with Crippen molar-refractivity contribution in [2.45, 2.75) is 37.8 Å². The third kappa shape index (κ3) is 3.86. The van der Waals surface area contributed by atoms with Crippen LogP contribution in [-0.2, 0) is 0 Å². The van der Waals surface area contributed by atoms with Gasteiger partial charge < -0.3 is 14.5 Å². The van der Waals surface area contributed by atoms with Gasteiger partial charge in [-0.1, -0.05) is 11.6 Å². The van der Waals surface area contributed by atoms with Crippen LogP contribution in [-0.4, -0.2) is 53.1 Å². The Hall–Kier alpha value is -2.34. The third-order valence-electron chi connectivity index (χ3n) is 5.31. The number of benzene rings is 1. The van der Waals surface area contributed by atoms with Crippen LogP contribution >= 0.6 is 11.6 Å². The summed E-state index contributed by atoms with van der Waals surface area (Å²) in [4.78, 5) is 25.8. The maximum Gasteiger partial charge on any atom is 0.257 e. The molecule has 0 radical (unpaired) electrons. The molecule has 142 valence electrons. The topological polar surface area (TPSA) is 58.6 Å². The molecule has 4 rings (SSSR count). The van der Waals surface area contributed by atoms with E-state index in [-0.39, 0.29) is 5.91 Å². The van der Waals surface area contributed by atoms with Gasteiger partial charge in [-0.25, -0.2) is 9.97 Å². The summed E-state index contributed by atoms with van der Waals surface area (Å²) in [5.74, 6) is 1.54. The van der Waals surface area contributed by atoms with Gasteiger partial charge in [-0.2, -0.15) is 0 Å². The number of amides is 1. The van der Waals surface area contributed by atoms with Gasteiger partial charge in [0.1, 0.15) is 17.9 Å². The number of carbonyl (C=O) groups is 1. The monoisotopic (exact) mass is 386 g/mol. The minimum Gasteiger partial charge on any atom is -0.496 e. The zero-order valence-corrected chi connectivity index (χ0v) is 16.1. The largest absolute Gasteiger partial charge is 0.496 e. The van der Waals surface area contributed by atoms with Crippen molar-refractivity contribution in [1.82, 2.24) is 14.9 Å². The van der Waals surface area contributed by atoms with E-state index in [0.29, 0.717) is 41.5 Å². The maximum atomic E-state index is 13.0. The molecule has 2 aromatic rings. The Bertz CT molecular complexity index is 805. The van der Waals surface area contributed by atoms with Gasteiger partial charge in [0.15, 0.2) is 0 Å². The number of piperidine rings is 1. The Morgan fingerprint density at radius 3 is 2.56 bits per heavy atom. The maximum absolute atomic E-state index is 13.0. The summed E-state index contributed by atoms with van der Waals surface area (Å²) in [6.07, 6.45) is 7.67. The summed E-state index contributed by atoms with van der Waals surface area (Å²) >= 11 is 6.09. The molecule has 2 aliphatic rings. The van der Waals surface area contributed by atoms with Crippen molar-refractivity contribution in [2.75, 3.05) is 25.1 Å². The third-order valence-corrected chi connectivity index (χ3v) is 5.54. The van der Waals surface area contributed by atoms with Crippen LogP contribution in [0.25, 0.3) is 0 Å². The number of anilines is 1. The molecule has 6 nitrogen and oxygen atoms in total. The van der Waals surface area contributed by atoms with Crippen molar-refractivity contribution < 1.29 is 9.53 Å². The second-order valence-corrected chi connectivity index (χ2v) is 7.51. The number of likely N-dealkylation sites (tertiary alicyclic amines) is 1. The standard InChI is InChI=1S/C20H23ClN4O2/c1-27-18-5-2-14(21)12-17(18)20(26)24-10-7-16(8-11-24)25(15-3-4-15)19-6-9-22-13-23-19/h2,5-6,9,12-13,15-16H,3-4,7-8,10-11H2,1H3. The molecule has 0 bridgehead atoms. The SMILES string of the molecule is COc1ccc(Cl)cc1C(=O)N1CCC(N(c2ccncn2)C2CC2)CC1. The first-order chi connectivity index (χ1) is 13.2. The highest BCUT2D eigenvalue weighted by Crippen LogP contribution is 2.35. The molecular weight excluding hydrogens is 364 g/mol. The highest BCUT2D eigenvalue weighted by molar-refractivity contribution is 6.31. The van der Waals surface area contributed by atoms with Gasteiger partial charge in [0, 0.05) is 36.4 Å². The van der Waals surface area contributed by atoms with Crippen LogP contribution in [0.4, 0.5) is 5.82 Å². The molecule has 2 heterocycles. The van der Waals surface area contributed by atoms with E-state index in [1.165, 1.54) is 12.8 Å². The average molecular weight is 387 g/mol. The summed E-state index contributed by atoms with van der Waals surface area (Å²) in [5, 5.41) is 0.540. The van der Waals surface area contributed by atoms with Gasteiger partial charge >= 0.3 is 0 Å². The number of rotatable bonds is 5. The number of nitrogens with zero attached hydrogens (tertiary/aromatic N) is 4. The highest BCUT2D eigenvalue weighted by Gasteiger charge is 2.37. The molecule has 1 amide bonds. The van der Waals surface area contributed by atoms with Gasteiger partial charge in [-0.15, -0.1) is 0 Å². The van der Waals surface area contributed by atoms with Gasteiger partial charge in [0.05, 0.1) is 12.7 Å². The molecule has 1 saturated carbocycles. The number of ether oxygens (including phenoxy) is 1. The molecule has 1 saturated heterocycles. The second-order valence-electron chi connectivity index (χ2n) is 7.07. The van der Waals surface area contributed by atoms with E-state index in [9.17, 15) is 4.79 Å². The highest BCUT2D eigenvalue weighted by atomic mass is 35.5. The van der Waals surface area contributed by atoms with Gasteiger partial charge in [-0.05, 0) is 49.9 Å². The molecule has 27 heavy (non-hydrogen) atoms. The molecule has 0 unspecified atom stereocenters. The van der Waals surface area contributed by atoms with Crippen molar-refractivity contribution in [1.29, 1.82) is 0 Å². The Morgan fingerprint density at radius 2 is 1.93 bits per heavy atom. The van der Waals surface area contributed by atoms with Crippen LogP contribution in [0.15, 0.2) is 36.8 Å². The quantitative estimate of drug-likeness (QED) is 0.788. The Morgan fingerprint density at radius 1 is 1.19 bits per heavy atom. The van der Waals surface area contributed by atoms with E-state index in [1.807, 2.05) is 11.0 Å². The van der Waals surface area contributed by atoms with Crippen LogP contribution in [0, 0.1) is 0 Å². The predicted molar refractivity (Wildman–Crippen MR) is 104 cm³/mol. The molecule has 1 aromatic heterocycles. The fourth-order valence-electron chi connectivity index (χ4n) is 3.83. The lowest BCUT2D eigenvalue weighted by atomic mass is 10.0. The molecule has 1 aromatic carbocycles. The number of methoxy groups -OCH3 is 1. The Balaban J connectivity index is 1.46. The fourth-order valence-corrected chi connectivity index (χ4v) is 4.00. The summed E-state index contributed by atoms with van der Waals surface area (Å²) in [6, 6.07) is 8.11. The van der Waals surface area contributed by atoms with Crippen molar-refractivity contribution in [2.24, 2.45) is 0 Å². The number of carbonyl (C=O) groups excluding carboxylic acids is 1. The molecular formula is C20H23ClN4O2. The van der Waals surface area contributed by atoms with Crippen molar-refractivity contribution in [3.05, 3.63) is 47.4 Å². The van der Waals surface area contributed by atoms with E-state index >= 15 is 0 Å². The lowest BCUT2D eigenvalue weighted by molar-refractivity contribution is 0.0708. The Kier molecular flexibility index (Phi) is 5.16. The number of halogens is 1. The molecule has 1 aliphatic carbocycles. The molecule has 1 aliphatic heterocycles. The number of hydrogen-bond donors (Lipinski definition) is 0. The van der Waals surface area contributed by atoms with Crippen LogP contribution in [0.3, 0.4) is 0 Å². The lowest BCUT2D eigenvalue weighted by Crippen LogP contribution is -2.48. The van der Waals surface area contributed by atoms with E-state index in [0.717, 1.165) is 18.7 Å². The van der Waals surface area contributed by atoms with Crippen LogP contribution in [0.5, 0.6) is 5.75 Å². The summed E-state index contributed by atoms with van der Waals surface area (Å²) in [7, 11) is 1.57. The van der Waals surface area contributed by atoms with Crippen LogP contribution in [0.1, 0.15) is 36.0 Å². The van der Waals surface area contributed by atoms with E-state index < -0.39 is 0 Å². The van der Waals surface area contributed by atoms with Crippen LogP contribution in [0.2, 0.25) is 5.02 Å². The van der Waals surface area contributed by atoms with E-state index in [4.69, 9.17) is 16.3 Å². The molecule has 2 fully saturated rings. The normalized spacial score (nSPS) is 17.6. The number of aromatic nitrogens is 2. The fraction of sp³-hybridized carbons (Fsp3) is 0.450. The smallest absolute Gasteiger partial charge is 0.257 e. The first-order valence-corrected chi connectivity index (χ1v) is 9.72. The minimum absolute atomic E-state index is 0.0205. The van der Waals surface area contributed by atoms with Crippen molar-refractivity contribution >= 4 is 23.3 Å². The average Bonchev–Trinajstić information content (AvgIpc) is 3.54. The first kappa shape index (κ1) is 18.0. The zero-order chi connectivity index (χ0) is 18.8. The van der Waals surface area contributed by atoms with Crippen LogP contribution < -0.4 is 9.64 Å². The predicted octanol–water partition coefficient (Wildman–Crippen LogP) is 3.41. The van der Waals surface area contributed by atoms with E-state index in [1.54, 1.807) is 37.8 Å². The van der Waals surface area contributed by atoms with E-state index in [2.05, 4.69) is 14.9 Å². The summed E-state index contributed by atoms with van der Waals surface area (Å²) in [5.41, 5.74) is 0.526. The Labute approximate surface area is 164 Å². The molecule has 0 atom stereocenters. The second kappa shape index (κ2) is 7.72. The van der Waals surface area contributed by atoms with Crippen molar-refractivity contribution in [3.63, 3.8) is 0 Å². The van der Waals surface area contributed by atoms with Gasteiger partial charge in [-0.3, -0.25) is 4.79 Å². The summed E-state index contributed by atoms with van der Waals surface area (Å²) < 4.78 is 5.34. The lowest BCUT2D eigenvalue weighted by Gasteiger charge is -2.39. The molecule has 0 N–H and O–H groups in total. The zero-order valence-electron chi connectivity index (χ0n) is 15.3. The first-order valence-electron chi connectivity index (χ1n) is 9.34. The minimum atomic E-state index is -0.0205. The number of hydrogen-bond acceptors (Lipinski definition) is 5.